The Balaban J connectivity index is 1.79. The third kappa shape index (κ3) is 6.84. The molecule has 1 fully saturated rings. The van der Waals surface area contributed by atoms with E-state index in [4.69, 9.17) is 9.84 Å². The minimum atomic E-state index is 0.327. The summed E-state index contributed by atoms with van der Waals surface area (Å²) in [5.74, 6) is 0. The molecule has 1 rings (SSSR count). The lowest BCUT2D eigenvalue weighted by Crippen LogP contribution is -2.40. The van der Waals surface area contributed by atoms with Gasteiger partial charge in [-0.1, -0.05) is 0 Å². The number of hydrogen-bond donors (Lipinski definition) is 2. The number of aliphatic hydroxyl groups is 1. The maximum absolute atomic E-state index is 8.60. The summed E-state index contributed by atoms with van der Waals surface area (Å²) in [6.45, 7) is 7.52. The van der Waals surface area contributed by atoms with Crippen LogP contribution in [0.3, 0.4) is 0 Å². The monoisotopic (exact) mass is 216 g/mol. The van der Waals surface area contributed by atoms with E-state index < -0.39 is 0 Å². The van der Waals surface area contributed by atoms with E-state index in [1.807, 2.05) is 0 Å². The number of morpholine rings is 1. The van der Waals surface area contributed by atoms with E-state index >= 15 is 0 Å². The van der Waals surface area contributed by atoms with Crippen molar-refractivity contribution in [2.75, 3.05) is 52.5 Å². The Morgan fingerprint density at radius 3 is 2.60 bits per heavy atom. The Kier molecular flexibility index (Phi) is 7.83. The van der Waals surface area contributed by atoms with Gasteiger partial charge in [0.05, 0.1) is 13.2 Å². The highest BCUT2D eigenvalue weighted by atomic mass is 16.5. The van der Waals surface area contributed by atoms with Crippen LogP contribution in [0.1, 0.15) is 19.3 Å². The fourth-order valence-electron chi connectivity index (χ4n) is 1.73. The molecule has 1 saturated heterocycles. The molecule has 0 aliphatic carbocycles. The summed E-state index contributed by atoms with van der Waals surface area (Å²) in [7, 11) is 0. The molecule has 90 valence electrons. The molecule has 0 amide bonds. The number of ether oxygens (including phenoxy) is 1. The number of rotatable bonds is 8. The van der Waals surface area contributed by atoms with Crippen molar-refractivity contribution < 1.29 is 9.84 Å². The molecule has 4 heteroatoms. The van der Waals surface area contributed by atoms with Crippen LogP contribution in [0, 0.1) is 0 Å². The first-order chi connectivity index (χ1) is 7.43. The topological polar surface area (TPSA) is 44.7 Å². The smallest absolute Gasteiger partial charge is 0.0594 e. The van der Waals surface area contributed by atoms with Gasteiger partial charge in [-0.05, 0) is 25.8 Å². The Morgan fingerprint density at radius 2 is 1.87 bits per heavy atom. The molecule has 0 unspecified atom stereocenters. The van der Waals surface area contributed by atoms with Crippen molar-refractivity contribution in [2.24, 2.45) is 0 Å². The van der Waals surface area contributed by atoms with Crippen molar-refractivity contribution in [1.29, 1.82) is 0 Å². The van der Waals surface area contributed by atoms with Gasteiger partial charge in [-0.3, -0.25) is 4.90 Å². The van der Waals surface area contributed by atoms with E-state index in [1.165, 1.54) is 6.42 Å². The van der Waals surface area contributed by atoms with Crippen LogP contribution < -0.4 is 5.32 Å². The standard InChI is InChI=1S/C11H24N2O2/c14-9-3-1-2-4-12-5-6-13-7-10-15-11-8-13/h12,14H,1-11H2. The SMILES string of the molecule is OCCCCCNCCN1CCOCC1. The Labute approximate surface area is 92.6 Å². The van der Waals surface area contributed by atoms with Gasteiger partial charge in [0.15, 0.2) is 0 Å². The van der Waals surface area contributed by atoms with E-state index in [-0.39, 0.29) is 0 Å². The molecule has 2 N–H and O–H groups in total. The van der Waals surface area contributed by atoms with Gasteiger partial charge in [-0.25, -0.2) is 0 Å². The first-order valence-electron chi connectivity index (χ1n) is 6.05. The van der Waals surface area contributed by atoms with Gasteiger partial charge in [-0.2, -0.15) is 0 Å². The zero-order chi connectivity index (χ0) is 10.8. The van der Waals surface area contributed by atoms with E-state index in [0.717, 1.165) is 58.8 Å². The molecule has 0 saturated carbocycles. The molecule has 0 aromatic heterocycles. The highest BCUT2D eigenvalue weighted by molar-refractivity contribution is 4.63. The highest BCUT2D eigenvalue weighted by Crippen LogP contribution is 1.95. The lowest BCUT2D eigenvalue weighted by Gasteiger charge is -2.26. The summed E-state index contributed by atoms with van der Waals surface area (Å²) in [6.07, 6.45) is 3.23. The molecule has 0 spiro atoms. The molecule has 0 radical (unpaired) electrons. The third-order valence-corrected chi connectivity index (χ3v) is 2.72. The minimum Gasteiger partial charge on any atom is -0.396 e. The molecule has 15 heavy (non-hydrogen) atoms. The molecular weight excluding hydrogens is 192 g/mol. The average Bonchev–Trinajstić information content (AvgIpc) is 2.29. The van der Waals surface area contributed by atoms with Gasteiger partial charge in [0, 0.05) is 32.8 Å². The summed E-state index contributed by atoms with van der Waals surface area (Å²) in [4.78, 5) is 2.43. The summed E-state index contributed by atoms with van der Waals surface area (Å²) in [6, 6.07) is 0. The van der Waals surface area contributed by atoms with Gasteiger partial charge in [0.2, 0.25) is 0 Å². The zero-order valence-corrected chi connectivity index (χ0v) is 9.58. The first-order valence-corrected chi connectivity index (χ1v) is 6.05. The van der Waals surface area contributed by atoms with Crippen LogP contribution in [0.25, 0.3) is 0 Å². The molecule has 0 aromatic rings. The Morgan fingerprint density at radius 1 is 1.07 bits per heavy atom. The predicted octanol–water partition coefficient (Wildman–Crippen LogP) is 0.0708. The van der Waals surface area contributed by atoms with Gasteiger partial charge in [0.1, 0.15) is 0 Å². The second-order valence-corrected chi connectivity index (χ2v) is 3.99. The van der Waals surface area contributed by atoms with Crippen molar-refractivity contribution in [3.8, 4) is 0 Å². The molecule has 0 aromatic carbocycles. The zero-order valence-electron chi connectivity index (χ0n) is 9.58. The summed E-state index contributed by atoms with van der Waals surface area (Å²) >= 11 is 0. The number of nitrogens with zero attached hydrogens (tertiary/aromatic N) is 1. The lowest BCUT2D eigenvalue weighted by molar-refractivity contribution is 0.0384. The van der Waals surface area contributed by atoms with Crippen LogP contribution in [0.5, 0.6) is 0 Å². The van der Waals surface area contributed by atoms with Crippen molar-refractivity contribution in [3.05, 3.63) is 0 Å². The molecule has 1 aliphatic heterocycles. The molecular formula is C11H24N2O2. The number of aliphatic hydroxyl groups excluding tert-OH is 1. The predicted molar refractivity (Wildman–Crippen MR) is 61.1 cm³/mol. The maximum Gasteiger partial charge on any atom is 0.0594 e. The molecule has 0 atom stereocenters. The maximum atomic E-state index is 8.60. The normalized spacial score (nSPS) is 18.2. The highest BCUT2D eigenvalue weighted by Gasteiger charge is 2.08. The van der Waals surface area contributed by atoms with Gasteiger partial charge in [0.25, 0.3) is 0 Å². The average molecular weight is 216 g/mol. The van der Waals surface area contributed by atoms with Crippen LogP contribution in [0.2, 0.25) is 0 Å². The van der Waals surface area contributed by atoms with Gasteiger partial charge >= 0.3 is 0 Å². The fourth-order valence-corrected chi connectivity index (χ4v) is 1.73. The third-order valence-electron chi connectivity index (χ3n) is 2.72. The summed E-state index contributed by atoms with van der Waals surface area (Å²) in [5, 5.41) is 12.0. The molecule has 4 nitrogen and oxygen atoms in total. The number of hydrogen-bond acceptors (Lipinski definition) is 4. The molecule has 1 heterocycles. The quantitative estimate of drug-likeness (QED) is 0.564. The Hall–Kier alpha value is -0.160. The van der Waals surface area contributed by atoms with Crippen LogP contribution in [0.15, 0.2) is 0 Å². The van der Waals surface area contributed by atoms with E-state index in [9.17, 15) is 0 Å². The second-order valence-electron chi connectivity index (χ2n) is 3.99. The first kappa shape index (κ1) is 12.9. The van der Waals surface area contributed by atoms with Crippen molar-refractivity contribution >= 4 is 0 Å². The van der Waals surface area contributed by atoms with E-state index in [2.05, 4.69) is 10.2 Å². The fraction of sp³-hybridized carbons (Fsp3) is 1.00. The number of unbranched alkanes of at least 4 members (excludes halogenated alkanes) is 2. The van der Waals surface area contributed by atoms with Crippen LogP contribution in [-0.4, -0.2) is 62.6 Å². The van der Waals surface area contributed by atoms with Crippen LogP contribution in [-0.2, 0) is 4.74 Å². The van der Waals surface area contributed by atoms with Gasteiger partial charge in [-0.15, -0.1) is 0 Å². The van der Waals surface area contributed by atoms with Gasteiger partial charge < -0.3 is 15.2 Å². The van der Waals surface area contributed by atoms with Crippen molar-refractivity contribution in [3.63, 3.8) is 0 Å². The largest absolute Gasteiger partial charge is 0.396 e. The van der Waals surface area contributed by atoms with Crippen molar-refractivity contribution in [1.82, 2.24) is 10.2 Å². The lowest BCUT2D eigenvalue weighted by atomic mass is 10.2. The van der Waals surface area contributed by atoms with E-state index in [1.54, 1.807) is 0 Å². The van der Waals surface area contributed by atoms with Crippen LogP contribution >= 0.6 is 0 Å². The molecule has 0 bridgehead atoms. The minimum absolute atomic E-state index is 0.327. The summed E-state index contributed by atoms with van der Waals surface area (Å²) in [5.41, 5.74) is 0. The Bertz CT molecular complexity index is 139. The van der Waals surface area contributed by atoms with E-state index in [0.29, 0.717) is 6.61 Å². The second kappa shape index (κ2) is 9.09. The van der Waals surface area contributed by atoms with Crippen LogP contribution in [0.4, 0.5) is 0 Å². The number of nitrogens with one attached hydrogen (secondary N) is 1. The van der Waals surface area contributed by atoms with Crippen molar-refractivity contribution in [2.45, 2.75) is 19.3 Å². The summed E-state index contributed by atoms with van der Waals surface area (Å²) < 4.78 is 5.29. The molecule has 1 aliphatic rings.